The average molecular weight is 323 g/mol. The van der Waals surface area contributed by atoms with E-state index in [0.29, 0.717) is 6.61 Å². The van der Waals surface area contributed by atoms with Crippen molar-refractivity contribution in [3.05, 3.63) is 70.5 Å². The normalized spacial score (nSPS) is 11.4. The third-order valence-electron chi connectivity index (χ3n) is 3.79. The maximum atomic E-state index is 6.08. The van der Waals surface area contributed by atoms with E-state index in [-0.39, 0.29) is 5.41 Å². The van der Waals surface area contributed by atoms with Crippen molar-refractivity contribution in [2.45, 2.75) is 32.8 Å². The molecule has 2 nitrogen and oxygen atoms in total. The molecule has 0 spiro atoms. The van der Waals surface area contributed by atoms with Crippen LogP contribution in [0.4, 0.5) is 0 Å². The molecule has 3 aromatic rings. The molecule has 0 radical (unpaired) electrons. The van der Waals surface area contributed by atoms with Crippen molar-refractivity contribution in [1.29, 1.82) is 0 Å². The van der Waals surface area contributed by atoms with E-state index in [4.69, 9.17) is 4.74 Å². The molecule has 0 atom stereocenters. The third kappa shape index (κ3) is 3.80. The molecule has 0 bridgehead atoms. The predicted molar refractivity (Wildman–Crippen MR) is 97.0 cm³/mol. The summed E-state index contributed by atoms with van der Waals surface area (Å²) in [5.74, 6) is 0.882. The molecule has 0 saturated carbocycles. The molecule has 0 aliphatic rings. The molecule has 2 aromatic carbocycles. The molecule has 23 heavy (non-hydrogen) atoms. The van der Waals surface area contributed by atoms with E-state index >= 15 is 0 Å². The predicted octanol–water partition coefficient (Wildman–Crippen LogP) is 5.69. The molecule has 0 aliphatic carbocycles. The van der Waals surface area contributed by atoms with Gasteiger partial charge in [-0.25, -0.2) is 4.98 Å². The van der Waals surface area contributed by atoms with Crippen molar-refractivity contribution in [3.8, 4) is 17.0 Å². The molecule has 1 aromatic heterocycles. The van der Waals surface area contributed by atoms with E-state index in [1.807, 2.05) is 23.7 Å². The minimum Gasteiger partial charge on any atom is -0.488 e. The van der Waals surface area contributed by atoms with Gasteiger partial charge in [-0.2, -0.15) is 0 Å². The van der Waals surface area contributed by atoms with E-state index in [1.165, 1.54) is 5.56 Å². The number of hydrogen-bond acceptors (Lipinski definition) is 3. The van der Waals surface area contributed by atoms with Crippen LogP contribution in [0.25, 0.3) is 11.3 Å². The van der Waals surface area contributed by atoms with Crippen LogP contribution in [0.15, 0.2) is 59.4 Å². The van der Waals surface area contributed by atoms with Gasteiger partial charge >= 0.3 is 0 Å². The van der Waals surface area contributed by atoms with Crippen molar-refractivity contribution in [3.63, 3.8) is 0 Å². The van der Waals surface area contributed by atoms with Crippen molar-refractivity contribution in [2.75, 3.05) is 0 Å². The lowest BCUT2D eigenvalue weighted by molar-refractivity contribution is 0.307. The van der Waals surface area contributed by atoms with Crippen LogP contribution in [0.5, 0.6) is 5.75 Å². The zero-order valence-electron chi connectivity index (χ0n) is 13.7. The monoisotopic (exact) mass is 323 g/mol. The zero-order valence-corrected chi connectivity index (χ0v) is 14.6. The second kappa shape index (κ2) is 6.55. The molecule has 0 unspecified atom stereocenters. The number of hydrogen-bond donors (Lipinski definition) is 0. The van der Waals surface area contributed by atoms with Gasteiger partial charge in [0.05, 0.1) is 11.2 Å². The molecular weight excluding hydrogens is 302 g/mol. The van der Waals surface area contributed by atoms with Crippen LogP contribution in [-0.2, 0) is 12.0 Å². The Morgan fingerprint density at radius 3 is 2.48 bits per heavy atom. The van der Waals surface area contributed by atoms with Crippen LogP contribution >= 0.6 is 11.3 Å². The fourth-order valence-corrected chi connectivity index (χ4v) is 2.96. The molecule has 3 rings (SSSR count). The molecule has 0 aliphatic heterocycles. The number of nitrogens with zero attached hydrogens (tertiary/aromatic N) is 1. The van der Waals surface area contributed by atoms with Gasteiger partial charge < -0.3 is 4.74 Å². The summed E-state index contributed by atoms with van der Waals surface area (Å²) in [5, 5.41) is 2.07. The molecule has 3 heteroatoms. The highest BCUT2D eigenvalue weighted by molar-refractivity contribution is 7.07. The van der Waals surface area contributed by atoms with Gasteiger partial charge in [-0.15, -0.1) is 11.3 Å². The van der Waals surface area contributed by atoms with Gasteiger partial charge in [0.15, 0.2) is 0 Å². The van der Waals surface area contributed by atoms with Crippen molar-refractivity contribution in [2.24, 2.45) is 0 Å². The largest absolute Gasteiger partial charge is 0.488 e. The van der Waals surface area contributed by atoms with E-state index < -0.39 is 0 Å². The highest BCUT2D eigenvalue weighted by Crippen LogP contribution is 2.35. The summed E-state index contributed by atoms with van der Waals surface area (Å²) in [7, 11) is 0. The van der Waals surface area contributed by atoms with Crippen molar-refractivity contribution < 1.29 is 4.74 Å². The summed E-state index contributed by atoms with van der Waals surface area (Å²) >= 11 is 1.60. The maximum absolute atomic E-state index is 6.08. The SMILES string of the molecule is CC(C)(C)c1ccc(OCc2ccccc2)c(-c2cscn2)c1. The minimum absolute atomic E-state index is 0.0999. The zero-order chi connectivity index (χ0) is 16.3. The molecule has 1 heterocycles. The van der Waals surface area contributed by atoms with Crippen LogP contribution < -0.4 is 4.74 Å². The van der Waals surface area contributed by atoms with Gasteiger partial charge in [0.2, 0.25) is 0 Å². The number of thiazole rings is 1. The van der Waals surface area contributed by atoms with Gasteiger partial charge in [0.25, 0.3) is 0 Å². The Morgan fingerprint density at radius 2 is 1.83 bits per heavy atom. The maximum Gasteiger partial charge on any atom is 0.129 e. The highest BCUT2D eigenvalue weighted by atomic mass is 32.1. The number of ether oxygens (including phenoxy) is 1. The first kappa shape index (κ1) is 15.8. The summed E-state index contributed by atoms with van der Waals surface area (Å²) < 4.78 is 6.08. The number of benzene rings is 2. The van der Waals surface area contributed by atoms with Gasteiger partial charge in [-0.1, -0.05) is 57.2 Å². The Balaban J connectivity index is 1.93. The molecular formula is C20H21NOS. The third-order valence-corrected chi connectivity index (χ3v) is 4.38. The first-order chi connectivity index (χ1) is 11.0. The first-order valence-corrected chi connectivity index (χ1v) is 8.68. The number of rotatable bonds is 4. The first-order valence-electron chi connectivity index (χ1n) is 7.74. The van der Waals surface area contributed by atoms with E-state index in [1.54, 1.807) is 11.3 Å². The van der Waals surface area contributed by atoms with E-state index in [2.05, 4.69) is 61.5 Å². The average Bonchev–Trinajstić information content (AvgIpc) is 3.07. The van der Waals surface area contributed by atoms with Crippen LogP contribution in [0.3, 0.4) is 0 Å². The quantitative estimate of drug-likeness (QED) is 0.615. The Hall–Kier alpha value is -2.13. The molecule has 0 fully saturated rings. The smallest absolute Gasteiger partial charge is 0.129 e. The van der Waals surface area contributed by atoms with Crippen molar-refractivity contribution >= 4 is 11.3 Å². The molecule has 0 amide bonds. The van der Waals surface area contributed by atoms with Gasteiger partial charge in [0.1, 0.15) is 12.4 Å². The van der Waals surface area contributed by atoms with Gasteiger partial charge in [-0.05, 0) is 28.7 Å². The lowest BCUT2D eigenvalue weighted by Gasteiger charge is -2.21. The topological polar surface area (TPSA) is 22.1 Å². The molecule has 0 saturated heterocycles. The Labute approximate surface area is 141 Å². The van der Waals surface area contributed by atoms with E-state index in [9.17, 15) is 0 Å². The fourth-order valence-electron chi connectivity index (χ4n) is 2.40. The van der Waals surface area contributed by atoms with Crippen molar-refractivity contribution in [1.82, 2.24) is 4.98 Å². The van der Waals surface area contributed by atoms with Crippen LogP contribution in [0.2, 0.25) is 0 Å². The lowest BCUT2D eigenvalue weighted by Crippen LogP contribution is -2.11. The number of aromatic nitrogens is 1. The second-order valence-corrected chi connectivity index (χ2v) is 7.33. The Bertz CT molecular complexity index is 758. The highest BCUT2D eigenvalue weighted by Gasteiger charge is 2.17. The summed E-state index contributed by atoms with van der Waals surface area (Å²) in [6, 6.07) is 16.6. The lowest BCUT2D eigenvalue weighted by atomic mass is 9.86. The summed E-state index contributed by atoms with van der Waals surface area (Å²) in [5.41, 5.74) is 6.45. The molecule has 118 valence electrons. The summed E-state index contributed by atoms with van der Waals surface area (Å²) in [6.07, 6.45) is 0. The Kier molecular flexibility index (Phi) is 4.49. The van der Waals surface area contributed by atoms with Crippen LogP contribution in [0, 0.1) is 0 Å². The van der Waals surface area contributed by atoms with E-state index in [0.717, 1.165) is 22.6 Å². The standard InChI is InChI=1S/C20H21NOS/c1-20(2,3)16-9-10-19(17(11-16)18-13-23-14-21-18)22-12-15-7-5-4-6-8-15/h4-11,13-14H,12H2,1-3H3. The fraction of sp³-hybridized carbons (Fsp3) is 0.250. The summed E-state index contributed by atoms with van der Waals surface area (Å²) in [6.45, 7) is 7.22. The van der Waals surface area contributed by atoms with Crippen LogP contribution in [-0.4, -0.2) is 4.98 Å². The second-order valence-electron chi connectivity index (χ2n) is 6.61. The van der Waals surface area contributed by atoms with Crippen LogP contribution in [0.1, 0.15) is 31.9 Å². The summed E-state index contributed by atoms with van der Waals surface area (Å²) in [4.78, 5) is 4.46. The van der Waals surface area contributed by atoms with Gasteiger partial charge in [0, 0.05) is 10.9 Å². The Morgan fingerprint density at radius 1 is 1.04 bits per heavy atom. The van der Waals surface area contributed by atoms with Gasteiger partial charge in [-0.3, -0.25) is 0 Å². The minimum atomic E-state index is 0.0999. The molecule has 0 N–H and O–H groups in total.